The molecule has 3 N–H and O–H groups in total. The first-order chi connectivity index (χ1) is 9.25. The zero-order valence-corrected chi connectivity index (χ0v) is 13.1. The lowest BCUT2D eigenvalue weighted by Crippen LogP contribution is -2.26. The van der Waals surface area contributed by atoms with E-state index in [2.05, 4.69) is 0 Å². The van der Waals surface area contributed by atoms with Crippen molar-refractivity contribution in [1.82, 2.24) is 0 Å². The van der Waals surface area contributed by atoms with E-state index < -0.39 is 32.0 Å². The molecular weight excluding hydrogens is 281 g/mol. The summed E-state index contributed by atoms with van der Waals surface area (Å²) in [7, 11) is -3.95. The van der Waals surface area contributed by atoms with Gasteiger partial charge in [-0.25, -0.2) is 12.8 Å². The third-order valence-corrected chi connectivity index (χ3v) is 5.93. The van der Waals surface area contributed by atoms with Gasteiger partial charge < -0.3 is 10.8 Å². The van der Waals surface area contributed by atoms with E-state index >= 15 is 0 Å². The zero-order chi connectivity index (χ0) is 15.3. The Morgan fingerprint density at radius 2 is 1.85 bits per heavy atom. The van der Waals surface area contributed by atoms with Gasteiger partial charge in [0.05, 0.1) is 5.25 Å². The van der Waals surface area contributed by atoms with Gasteiger partial charge >= 0.3 is 0 Å². The van der Waals surface area contributed by atoms with Crippen molar-refractivity contribution in [3.05, 3.63) is 10.9 Å². The van der Waals surface area contributed by atoms with Gasteiger partial charge in [0, 0.05) is 12.5 Å². The van der Waals surface area contributed by atoms with Crippen molar-refractivity contribution in [1.29, 1.82) is 0 Å². The Bertz CT molecular complexity index is 439. The summed E-state index contributed by atoms with van der Waals surface area (Å²) in [4.78, 5) is 0. The summed E-state index contributed by atoms with van der Waals surface area (Å²) in [6, 6.07) is -0.442. The Hall–Kier alpha value is -0.620. The highest BCUT2D eigenvalue weighted by Gasteiger charge is 2.27. The molecule has 1 rings (SSSR count). The van der Waals surface area contributed by atoms with E-state index in [9.17, 15) is 17.9 Å². The lowest BCUT2D eigenvalue weighted by molar-refractivity contribution is 0.308. The molecule has 1 aliphatic carbocycles. The van der Waals surface area contributed by atoms with Crippen molar-refractivity contribution < 1.29 is 17.9 Å². The van der Waals surface area contributed by atoms with Crippen LogP contribution in [0.3, 0.4) is 0 Å². The van der Waals surface area contributed by atoms with Gasteiger partial charge in [0.1, 0.15) is 0 Å². The predicted octanol–water partition coefficient (Wildman–Crippen LogP) is 3.19. The number of aliphatic hydroxyl groups excluding tert-OH is 1. The number of rotatable bonds is 6. The summed E-state index contributed by atoms with van der Waals surface area (Å²) in [6.07, 6.45) is 6.29. The van der Waals surface area contributed by atoms with Crippen LogP contribution in [0.1, 0.15) is 58.8 Å². The Labute approximate surface area is 121 Å². The van der Waals surface area contributed by atoms with Crippen molar-refractivity contribution in [2.45, 2.75) is 70.1 Å². The molecule has 0 amide bonds. The summed E-state index contributed by atoms with van der Waals surface area (Å²) in [6.45, 7) is 2.81. The van der Waals surface area contributed by atoms with Gasteiger partial charge in [-0.3, -0.25) is 0 Å². The fourth-order valence-corrected chi connectivity index (χ4v) is 3.47. The van der Waals surface area contributed by atoms with Gasteiger partial charge in [0.15, 0.2) is 5.83 Å². The highest BCUT2D eigenvalue weighted by atomic mass is 32.2. The first-order valence-electron chi connectivity index (χ1n) is 7.32. The minimum absolute atomic E-state index is 0.214. The number of hydrogen-bond donors (Lipinski definition) is 2. The van der Waals surface area contributed by atoms with Crippen LogP contribution in [0.4, 0.5) is 4.39 Å². The molecular formula is C14H26FNO3S. The Balaban J connectivity index is 2.61. The molecule has 0 saturated heterocycles. The van der Waals surface area contributed by atoms with Crippen molar-refractivity contribution in [2.24, 2.45) is 11.7 Å². The minimum Gasteiger partial charge on any atom is -0.497 e. The fourth-order valence-electron chi connectivity index (χ4n) is 2.63. The van der Waals surface area contributed by atoms with Gasteiger partial charge in [0.25, 0.3) is 0 Å². The van der Waals surface area contributed by atoms with E-state index in [1.807, 2.05) is 0 Å². The molecule has 118 valence electrons. The summed E-state index contributed by atoms with van der Waals surface area (Å²) < 4.78 is 37.1. The summed E-state index contributed by atoms with van der Waals surface area (Å²) in [5.41, 5.74) is 5.88. The van der Waals surface area contributed by atoms with Crippen molar-refractivity contribution in [3.8, 4) is 0 Å². The van der Waals surface area contributed by atoms with Gasteiger partial charge in [-0.05, 0) is 26.2 Å². The molecule has 0 aromatic carbocycles. The summed E-state index contributed by atoms with van der Waals surface area (Å²) in [5.74, 6) is -0.516. The highest BCUT2D eigenvalue weighted by Crippen LogP contribution is 2.29. The fraction of sp³-hybridized carbons (Fsp3) is 0.857. The van der Waals surface area contributed by atoms with Crippen LogP contribution in [-0.4, -0.2) is 24.8 Å². The van der Waals surface area contributed by atoms with Crippen LogP contribution >= 0.6 is 0 Å². The molecule has 0 aliphatic heterocycles. The molecule has 1 fully saturated rings. The smallest absolute Gasteiger partial charge is 0.241 e. The van der Waals surface area contributed by atoms with Crippen LogP contribution in [0, 0.1) is 5.92 Å². The Morgan fingerprint density at radius 3 is 2.35 bits per heavy atom. The lowest BCUT2D eigenvalue weighted by Gasteiger charge is -2.24. The normalized spacial score (nSPS) is 20.9. The molecule has 20 heavy (non-hydrogen) atoms. The first kappa shape index (κ1) is 17.4. The van der Waals surface area contributed by atoms with Gasteiger partial charge in [0.2, 0.25) is 14.9 Å². The average molecular weight is 307 g/mol. The number of hydrogen-bond acceptors (Lipinski definition) is 4. The third-order valence-electron chi connectivity index (χ3n) is 3.92. The standard InChI is InChI=1S/C14H26FNO3S/c1-10(2)20(18,19)14(17)13(15)9-12(16)8-11-6-4-3-5-7-11/h10-12,17H,3-9,16H2,1-2H3. The first-order valence-corrected chi connectivity index (χ1v) is 8.86. The largest absolute Gasteiger partial charge is 0.497 e. The van der Waals surface area contributed by atoms with Crippen LogP contribution in [0.5, 0.6) is 0 Å². The zero-order valence-electron chi connectivity index (χ0n) is 12.3. The van der Waals surface area contributed by atoms with E-state index in [4.69, 9.17) is 5.73 Å². The lowest BCUT2D eigenvalue weighted by atomic mass is 9.84. The summed E-state index contributed by atoms with van der Waals surface area (Å²) in [5, 5.41) is 7.54. The molecule has 1 unspecified atom stereocenters. The summed E-state index contributed by atoms with van der Waals surface area (Å²) >= 11 is 0. The van der Waals surface area contributed by atoms with Crippen LogP contribution in [0.25, 0.3) is 0 Å². The molecule has 0 aromatic rings. The number of halogens is 1. The van der Waals surface area contributed by atoms with E-state index in [1.165, 1.54) is 33.1 Å². The second-order valence-corrected chi connectivity index (χ2v) is 8.43. The van der Waals surface area contributed by atoms with Gasteiger partial charge in [-0.15, -0.1) is 0 Å². The quantitative estimate of drug-likeness (QED) is 0.738. The Morgan fingerprint density at radius 1 is 1.30 bits per heavy atom. The molecule has 1 saturated carbocycles. The molecule has 0 spiro atoms. The molecule has 4 nitrogen and oxygen atoms in total. The monoisotopic (exact) mass is 307 g/mol. The van der Waals surface area contributed by atoms with E-state index in [-0.39, 0.29) is 6.42 Å². The van der Waals surface area contributed by atoms with Crippen LogP contribution < -0.4 is 5.73 Å². The molecule has 0 radical (unpaired) electrons. The predicted molar refractivity (Wildman–Crippen MR) is 78.6 cm³/mol. The van der Waals surface area contributed by atoms with Gasteiger partial charge in [-0.1, -0.05) is 32.1 Å². The second kappa shape index (κ2) is 7.41. The van der Waals surface area contributed by atoms with Crippen LogP contribution in [-0.2, 0) is 9.84 Å². The molecule has 0 bridgehead atoms. The SMILES string of the molecule is CC(C)S(=O)(=O)C(O)=C(F)CC(N)CC1CCCCC1. The molecule has 6 heteroatoms. The molecule has 0 aromatic heterocycles. The maximum absolute atomic E-state index is 13.8. The van der Waals surface area contributed by atoms with Gasteiger partial charge in [-0.2, -0.15) is 0 Å². The number of nitrogens with two attached hydrogens (primary N) is 1. The number of sulfone groups is 1. The van der Waals surface area contributed by atoms with E-state index in [1.54, 1.807) is 0 Å². The number of aliphatic hydroxyl groups is 1. The average Bonchev–Trinajstić information content (AvgIpc) is 2.38. The Kier molecular flexibility index (Phi) is 6.45. The molecule has 1 atom stereocenters. The molecule has 0 heterocycles. The highest BCUT2D eigenvalue weighted by molar-refractivity contribution is 7.95. The topological polar surface area (TPSA) is 80.4 Å². The third kappa shape index (κ3) is 4.74. The van der Waals surface area contributed by atoms with Crippen molar-refractivity contribution >= 4 is 9.84 Å². The molecule has 1 aliphatic rings. The van der Waals surface area contributed by atoms with Crippen molar-refractivity contribution in [2.75, 3.05) is 0 Å². The van der Waals surface area contributed by atoms with Crippen molar-refractivity contribution in [3.63, 3.8) is 0 Å². The maximum Gasteiger partial charge on any atom is 0.241 e. The minimum atomic E-state index is -3.95. The second-order valence-electron chi connectivity index (χ2n) is 6.01. The van der Waals surface area contributed by atoms with Crippen LogP contribution in [0.2, 0.25) is 0 Å². The van der Waals surface area contributed by atoms with E-state index in [0.717, 1.165) is 12.8 Å². The maximum atomic E-state index is 13.8. The van der Waals surface area contributed by atoms with E-state index in [0.29, 0.717) is 12.3 Å². The van der Waals surface area contributed by atoms with Crippen LogP contribution in [0.15, 0.2) is 10.9 Å².